The molecule has 1 N–H and O–H groups in total. The molecule has 2 rings (SSSR count). The van der Waals surface area contributed by atoms with Crippen molar-refractivity contribution >= 4 is 29.3 Å². The molecule has 0 unspecified atom stereocenters. The normalized spacial score (nSPS) is 10.5. The number of methoxy groups -OCH3 is 1. The molecule has 2 aromatic rings. The standard InChI is InChI=1S/C21H19N3O7/c1-3-30-19-10-14(7-8-18(19)31-13-20(25)29-2)9-15(12-22)21(26)23-16-5-4-6-17(11-16)24(27)28/h4-11H,3,13H2,1-2H3,(H,23,26)/b15-9+. The molecule has 0 atom stereocenters. The van der Waals surface area contributed by atoms with E-state index in [1.54, 1.807) is 25.1 Å². The molecule has 0 aliphatic rings. The van der Waals surface area contributed by atoms with E-state index in [0.717, 1.165) is 0 Å². The smallest absolute Gasteiger partial charge is 0.343 e. The number of anilines is 1. The van der Waals surface area contributed by atoms with Crippen molar-refractivity contribution in [3.05, 3.63) is 63.7 Å². The third-order valence-corrected chi connectivity index (χ3v) is 3.83. The van der Waals surface area contributed by atoms with Gasteiger partial charge in [-0.2, -0.15) is 5.26 Å². The number of amides is 1. The number of carbonyl (C=O) groups excluding carboxylic acids is 2. The first-order valence-corrected chi connectivity index (χ1v) is 9.02. The van der Waals surface area contributed by atoms with Crippen LogP contribution in [0.15, 0.2) is 48.0 Å². The summed E-state index contributed by atoms with van der Waals surface area (Å²) in [6.07, 6.45) is 1.33. The van der Waals surface area contributed by atoms with Gasteiger partial charge >= 0.3 is 5.97 Å². The Balaban J connectivity index is 2.24. The highest BCUT2D eigenvalue weighted by atomic mass is 16.6. The Kier molecular flexibility index (Phi) is 8.10. The zero-order valence-electron chi connectivity index (χ0n) is 16.8. The summed E-state index contributed by atoms with van der Waals surface area (Å²) in [4.78, 5) is 34.0. The van der Waals surface area contributed by atoms with Gasteiger partial charge < -0.3 is 19.5 Å². The summed E-state index contributed by atoms with van der Waals surface area (Å²) >= 11 is 0. The molecular weight excluding hydrogens is 406 g/mol. The first-order chi connectivity index (χ1) is 14.9. The van der Waals surface area contributed by atoms with Crippen molar-refractivity contribution in [1.29, 1.82) is 5.26 Å². The summed E-state index contributed by atoms with van der Waals surface area (Å²) in [5, 5.41) is 22.7. The van der Waals surface area contributed by atoms with Crippen LogP contribution in [0.3, 0.4) is 0 Å². The van der Waals surface area contributed by atoms with Crippen LogP contribution < -0.4 is 14.8 Å². The number of benzene rings is 2. The molecule has 1 amide bonds. The van der Waals surface area contributed by atoms with Crippen LogP contribution in [0, 0.1) is 21.4 Å². The second-order valence-corrected chi connectivity index (χ2v) is 5.94. The highest BCUT2D eigenvalue weighted by Crippen LogP contribution is 2.29. The lowest BCUT2D eigenvalue weighted by Crippen LogP contribution is -2.14. The van der Waals surface area contributed by atoms with Gasteiger partial charge in [0, 0.05) is 17.8 Å². The van der Waals surface area contributed by atoms with Crippen LogP contribution in [0.25, 0.3) is 6.08 Å². The van der Waals surface area contributed by atoms with E-state index < -0.39 is 16.8 Å². The molecule has 0 heterocycles. The molecular formula is C21H19N3O7. The summed E-state index contributed by atoms with van der Waals surface area (Å²) in [7, 11) is 1.24. The lowest BCUT2D eigenvalue weighted by Gasteiger charge is -2.12. The van der Waals surface area contributed by atoms with Crippen LogP contribution in [0.2, 0.25) is 0 Å². The SMILES string of the molecule is CCOc1cc(/C=C(\C#N)C(=O)Nc2cccc([N+](=O)[O-])c2)ccc1OCC(=O)OC. The molecule has 0 saturated carbocycles. The molecule has 10 nitrogen and oxygen atoms in total. The molecule has 0 spiro atoms. The lowest BCUT2D eigenvalue weighted by atomic mass is 10.1. The Bertz CT molecular complexity index is 1060. The van der Waals surface area contributed by atoms with Crippen LogP contribution in [0.5, 0.6) is 11.5 Å². The number of nitrogens with zero attached hydrogens (tertiary/aromatic N) is 2. The van der Waals surface area contributed by atoms with E-state index >= 15 is 0 Å². The van der Waals surface area contributed by atoms with Crippen LogP contribution >= 0.6 is 0 Å². The van der Waals surface area contributed by atoms with Gasteiger partial charge in [0.15, 0.2) is 18.1 Å². The number of hydrogen-bond acceptors (Lipinski definition) is 8. The second-order valence-electron chi connectivity index (χ2n) is 5.94. The van der Waals surface area contributed by atoms with E-state index in [9.17, 15) is 25.0 Å². The Hall–Kier alpha value is -4.39. The number of rotatable bonds is 9. The minimum Gasteiger partial charge on any atom is -0.490 e. The average Bonchev–Trinajstić information content (AvgIpc) is 2.76. The molecule has 0 aliphatic heterocycles. The van der Waals surface area contributed by atoms with E-state index in [1.807, 2.05) is 0 Å². The number of non-ortho nitro benzene ring substituents is 1. The van der Waals surface area contributed by atoms with Crippen molar-refractivity contribution in [1.82, 2.24) is 0 Å². The first kappa shape index (κ1) is 22.9. The van der Waals surface area contributed by atoms with Crippen LogP contribution in [-0.4, -0.2) is 37.1 Å². The summed E-state index contributed by atoms with van der Waals surface area (Å²) in [6.45, 7) is 1.78. The van der Waals surface area contributed by atoms with Crippen molar-refractivity contribution in [2.75, 3.05) is 25.6 Å². The fourth-order valence-electron chi connectivity index (χ4n) is 2.41. The Morgan fingerprint density at radius 1 is 1.19 bits per heavy atom. The topological polar surface area (TPSA) is 141 Å². The number of nitrogens with one attached hydrogen (secondary N) is 1. The number of carbonyl (C=O) groups is 2. The van der Waals surface area contributed by atoms with E-state index in [-0.39, 0.29) is 23.6 Å². The predicted octanol–water partition coefficient (Wildman–Crippen LogP) is 3.09. The van der Waals surface area contributed by atoms with Gasteiger partial charge in [0.05, 0.1) is 18.6 Å². The number of nitro benzene ring substituents is 1. The van der Waals surface area contributed by atoms with Gasteiger partial charge in [-0.1, -0.05) is 12.1 Å². The largest absolute Gasteiger partial charge is 0.490 e. The maximum Gasteiger partial charge on any atom is 0.343 e. The number of esters is 1. The molecule has 0 bridgehead atoms. The summed E-state index contributed by atoms with van der Waals surface area (Å²) in [6, 6.07) is 11.8. The molecule has 0 aromatic heterocycles. The average molecular weight is 425 g/mol. The molecule has 0 aliphatic carbocycles. The molecule has 10 heteroatoms. The quantitative estimate of drug-likeness (QED) is 0.212. The maximum absolute atomic E-state index is 12.4. The highest BCUT2D eigenvalue weighted by Gasteiger charge is 2.14. The minimum atomic E-state index is -0.730. The van der Waals surface area contributed by atoms with Crippen LogP contribution in [-0.2, 0) is 14.3 Å². The monoisotopic (exact) mass is 425 g/mol. The molecule has 0 fully saturated rings. The Morgan fingerprint density at radius 2 is 1.97 bits per heavy atom. The van der Waals surface area contributed by atoms with Gasteiger partial charge in [-0.15, -0.1) is 0 Å². The molecule has 0 saturated heterocycles. The van der Waals surface area contributed by atoms with Gasteiger partial charge in [0.25, 0.3) is 11.6 Å². The van der Waals surface area contributed by atoms with Crippen LogP contribution in [0.1, 0.15) is 12.5 Å². The van der Waals surface area contributed by atoms with Crippen molar-refractivity contribution in [3.8, 4) is 17.6 Å². The number of ether oxygens (including phenoxy) is 3. The zero-order valence-corrected chi connectivity index (χ0v) is 16.8. The third kappa shape index (κ3) is 6.57. The molecule has 31 heavy (non-hydrogen) atoms. The fraction of sp³-hybridized carbons (Fsp3) is 0.190. The second kappa shape index (κ2) is 11.0. The Labute approximate surface area is 177 Å². The predicted molar refractivity (Wildman–Crippen MR) is 110 cm³/mol. The van der Waals surface area contributed by atoms with Crippen molar-refractivity contribution in [3.63, 3.8) is 0 Å². The number of nitro groups is 1. The Morgan fingerprint density at radius 3 is 2.61 bits per heavy atom. The summed E-state index contributed by atoms with van der Waals surface area (Å²) in [5.41, 5.74) is 0.239. The van der Waals surface area contributed by atoms with Gasteiger partial charge in [-0.05, 0) is 36.8 Å². The highest BCUT2D eigenvalue weighted by molar-refractivity contribution is 6.09. The third-order valence-electron chi connectivity index (χ3n) is 3.83. The summed E-state index contributed by atoms with van der Waals surface area (Å²) < 4.78 is 15.4. The fourth-order valence-corrected chi connectivity index (χ4v) is 2.41. The molecule has 160 valence electrons. The van der Waals surface area contributed by atoms with Gasteiger partial charge in [0.2, 0.25) is 0 Å². The number of nitriles is 1. The zero-order chi connectivity index (χ0) is 22.8. The van der Waals surface area contributed by atoms with Gasteiger partial charge in [0.1, 0.15) is 11.6 Å². The van der Waals surface area contributed by atoms with Crippen molar-refractivity contribution < 1.29 is 28.7 Å². The van der Waals surface area contributed by atoms with Gasteiger partial charge in [-0.3, -0.25) is 14.9 Å². The van der Waals surface area contributed by atoms with Crippen LogP contribution in [0.4, 0.5) is 11.4 Å². The van der Waals surface area contributed by atoms with E-state index in [2.05, 4.69) is 10.1 Å². The van der Waals surface area contributed by atoms with E-state index in [4.69, 9.17) is 9.47 Å². The van der Waals surface area contributed by atoms with Crippen molar-refractivity contribution in [2.45, 2.75) is 6.92 Å². The van der Waals surface area contributed by atoms with Crippen molar-refractivity contribution in [2.24, 2.45) is 0 Å². The molecule has 2 aromatic carbocycles. The number of hydrogen-bond donors (Lipinski definition) is 1. The van der Waals surface area contributed by atoms with Gasteiger partial charge in [-0.25, -0.2) is 4.79 Å². The van der Waals surface area contributed by atoms with E-state index in [1.165, 1.54) is 43.5 Å². The first-order valence-electron chi connectivity index (χ1n) is 9.02. The minimum absolute atomic E-state index is 0.182. The molecule has 0 radical (unpaired) electrons. The lowest BCUT2D eigenvalue weighted by molar-refractivity contribution is -0.384. The maximum atomic E-state index is 12.4. The summed E-state index contributed by atoms with van der Waals surface area (Å²) in [5.74, 6) is -0.677. The van der Waals surface area contributed by atoms with E-state index in [0.29, 0.717) is 23.7 Å².